The average molecular weight is 415 g/mol. The van der Waals surface area contributed by atoms with Crippen LogP contribution in [0.1, 0.15) is 59.9 Å². The van der Waals surface area contributed by atoms with Gasteiger partial charge in [-0.3, -0.25) is 4.79 Å². The Bertz CT molecular complexity index is 786. The SMILES string of the molecule is C/C(=C\CN(C)C(=O)[C@@H](NCC1(C(C)(C)c2ccccc2)CC1)C(C)(C)C)C(=O)O. The molecule has 5 nitrogen and oxygen atoms in total. The number of carbonyl (C=O) groups is 2. The molecule has 30 heavy (non-hydrogen) atoms. The van der Waals surface area contributed by atoms with Crippen molar-refractivity contribution >= 4 is 11.9 Å². The summed E-state index contributed by atoms with van der Waals surface area (Å²) in [7, 11) is 1.73. The zero-order valence-electron chi connectivity index (χ0n) is 19.6. The maximum atomic E-state index is 13.2. The van der Waals surface area contributed by atoms with Gasteiger partial charge in [-0.2, -0.15) is 0 Å². The van der Waals surface area contributed by atoms with E-state index in [0.29, 0.717) is 0 Å². The summed E-state index contributed by atoms with van der Waals surface area (Å²) < 4.78 is 0. The summed E-state index contributed by atoms with van der Waals surface area (Å²) in [6.45, 7) is 13.4. The third kappa shape index (κ3) is 5.31. The number of carboxylic acids is 1. The Balaban J connectivity index is 2.13. The fourth-order valence-electron chi connectivity index (χ4n) is 4.07. The lowest BCUT2D eigenvalue weighted by molar-refractivity contribution is -0.135. The van der Waals surface area contributed by atoms with Crippen molar-refractivity contribution < 1.29 is 14.7 Å². The van der Waals surface area contributed by atoms with Crippen LogP contribution in [0.2, 0.25) is 0 Å². The predicted molar refractivity (Wildman–Crippen MR) is 121 cm³/mol. The Hall–Kier alpha value is -2.14. The van der Waals surface area contributed by atoms with Gasteiger partial charge in [0.2, 0.25) is 5.91 Å². The molecule has 0 heterocycles. The monoisotopic (exact) mass is 414 g/mol. The predicted octanol–water partition coefficient (Wildman–Crippen LogP) is 4.24. The molecular weight excluding hydrogens is 376 g/mol. The van der Waals surface area contributed by atoms with Crippen LogP contribution in [-0.2, 0) is 15.0 Å². The highest BCUT2D eigenvalue weighted by molar-refractivity contribution is 5.86. The summed E-state index contributed by atoms with van der Waals surface area (Å²) in [4.78, 5) is 25.8. The van der Waals surface area contributed by atoms with Gasteiger partial charge in [0, 0.05) is 25.7 Å². The fraction of sp³-hybridized carbons (Fsp3) is 0.600. The van der Waals surface area contributed by atoms with Crippen molar-refractivity contribution in [3.63, 3.8) is 0 Å². The second-order valence-electron chi connectivity index (χ2n) is 10.4. The van der Waals surface area contributed by atoms with Gasteiger partial charge in [0.05, 0.1) is 6.04 Å². The third-order valence-electron chi connectivity index (χ3n) is 6.82. The molecule has 5 heteroatoms. The minimum Gasteiger partial charge on any atom is -0.478 e. The van der Waals surface area contributed by atoms with Gasteiger partial charge in [-0.25, -0.2) is 4.79 Å². The molecule has 0 unspecified atom stereocenters. The summed E-state index contributed by atoms with van der Waals surface area (Å²) in [5, 5.41) is 12.6. The zero-order chi connectivity index (χ0) is 22.7. The number of aliphatic carboxylic acids is 1. The highest BCUT2D eigenvalue weighted by atomic mass is 16.4. The van der Waals surface area contributed by atoms with Crippen molar-refractivity contribution in [2.24, 2.45) is 10.8 Å². The van der Waals surface area contributed by atoms with Crippen LogP contribution in [0.25, 0.3) is 0 Å². The minimum atomic E-state index is -0.958. The molecule has 1 atom stereocenters. The van der Waals surface area contributed by atoms with Crippen LogP contribution in [0, 0.1) is 10.8 Å². The van der Waals surface area contributed by atoms with Crippen molar-refractivity contribution in [1.82, 2.24) is 10.2 Å². The number of nitrogens with zero attached hydrogens (tertiary/aromatic N) is 1. The second kappa shape index (κ2) is 8.93. The smallest absolute Gasteiger partial charge is 0.331 e. The number of nitrogens with one attached hydrogen (secondary N) is 1. The Morgan fingerprint density at radius 3 is 2.20 bits per heavy atom. The quantitative estimate of drug-likeness (QED) is 0.593. The van der Waals surface area contributed by atoms with Crippen LogP contribution in [0.3, 0.4) is 0 Å². The first-order valence-corrected chi connectivity index (χ1v) is 10.8. The van der Waals surface area contributed by atoms with E-state index in [1.54, 1.807) is 24.9 Å². The lowest BCUT2D eigenvalue weighted by atomic mass is 9.70. The number of carbonyl (C=O) groups excluding carboxylic acids is 1. The van der Waals surface area contributed by atoms with E-state index in [1.807, 2.05) is 6.07 Å². The lowest BCUT2D eigenvalue weighted by Gasteiger charge is -2.39. The van der Waals surface area contributed by atoms with Crippen LogP contribution in [0.4, 0.5) is 0 Å². The van der Waals surface area contributed by atoms with E-state index in [0.717, 1.165) is 19.4 Å². The number of rotatable bonds is 9. The Morgan fingerprint density at radius 2 is 1.73 bits per heavy atom. The highest BCUT2D eigenvalue weighted by Crippen LogP contribution is 2.59. The van der Waals surface area contributed by atoms with Crippen molar-refractivity contribution in [1.29, 1.82) is 0 Å². The van der Waals surface area contributed by atoms with E-state index >= 15 is 0 Å². The molecule has 0 saturated heterocycles. The molecule has 0 aliphatic heterocycles. The molecule has 1 aliphatic carbocycles. The Kier molecular flexibility index (Phi) is 7.18. The van der Waals surface area contributed by atoms with Crippen LogP contribution < -0.4 is 5.32 Å². The number of likely N-dealkylation sites (N-methyl/N-ethyl adjacent to an activating group) is 1. The maximum absolute atomic E-state index is 13.2. The number of benzene rings is 1. The molecule has 0 bridgehead atoms. The number of hydrogen-bond acceptors (Lipinski definition) is 3. The molecule has 1 aliphatic rings. The van der Waals surface area contributed by atoms with Gasteiger partial charge in [0.25, 0.3) is 0 Å². The van der Waals surface area contributed by atoms with Gasteiger partial charge in [-0.05, 0) is 41.6 Å². The largest absolute Gasteiger partial charge is 0.478 e. The van der Waals surface area contributed by atoms with Crippen molar-refractivity contribution in [3.05, 3.63) is 47.5 Å². The molecule has 1 saturated carbocycles. The number of hydrogen-bond donors (Lipinski definition) is 2. The van der Waals surface area contributed by atoms with E-state index in [4.69, 9.17) is 5.11 Å². The van der Waals surface area contributed by atoms with Crippen LogP contribution in [0.5, 0.6) is 0 Å². The van der Waals surface area contributed by atoms with Crippen molar-refractivity contribution in [2.75, 3.05) is 20.1 Å². The van der Waals surface area contributed by atoms with Crippen molar-refractivity contribution in [2.45, 2.75) is 65.8 Å². The summed E-state index contributed by atoms with van der Waals surface area (Å²) in [5.41, 5.74) is 1.46. The minimum absolute atomic E-state index is 0.00902. The summed E-state index contributed by atoms with van der Waals surface area (Å²) in [6.07, 6.45) is 3.87. The lowest BCUT2D eigenvalue weighted by Crippen LogP contribution is -2.54. The maximum Gasteiger partial charge on any atom is 0.331 e. The molecule has 0 radical (unpaired) electrons. The molecule has 1 aromatic carbocycles. The van der Waals surface area contributed by atoms with E-state index in [1.165, 1.54) is 5.56 Å². The molecule has 0 spiro atoms. The number of carboxylic acid groups (broad SMARTS) is 1. The van der Waals surface area contributed by atoms with Gasteiger partial charge in [0.15, 0.2) is 0 Å². The normalized spacial score (nSPS) is 17.4. The topological polar surface area (TPSA) is 69.6 Å². The third-order valence-corrected chi connectivity index (χ3v) is 6.82. The molecule has 0 aromatic heterocycles. The standard InChI is InChI=1S/C25H38N2O3/c1-18(22(29)30)13-16-27(7)21(28)20(23(2,3)4)26-17-25(14-15-25)24(5,6)19-11-9-8-10-12-19/h8-13,20,26H,14-17H2,1-7H3,(H,29,30)/b18-13+/t20-/m1/s1. The van der Waals surface area contributed by atoms with Crippen molar-refractivity contribution in [3.8, 4) is 0 Å². The first kappa shape index (κ1) is 24.1. The molecule has 1 amide bonds. The summed E-state index contributed by atoms with van der Waals surface area (Å²) >= 11 is 0. The molecule has 1 fully saturated rings. The van der Waals surface area contributed by atoms with E-state index in [2.05, 4.69) is 64.2 Å². The van der Waals surface area contributed by atoms with Gasteiger partial charge < -0.3 is 15.3 Å². The fourth-order valence-corrected chi connectivity index (χ4v) is 4.07. The number of amides is 1. The van der Waals surface area contributed by atoms with Gasteiger partial charge in [-0.1, -0.05) is 71.0 Å². The Morgan fingerprint density at radius 1 is 1.17 bits per heavy atom. The van der Waals surface area contributed by atoms with E-state index in [-0.39, 0.29) is 40.3 Å². The molecule has 166 valence electrons. The van der Waals surface area contributed by atoms with Gasteiger partial charge in [0.1, 0.15) is 0 Å². The molecule has 2 rings (SSSR count). The molecule has 2 N–H and O–H groups in total. The van der Waals surface area contributed by atoms with E-state index < -0.39 is 5.97 Å². The van der Waals surface area contributed by atoms with Crippen LogP contribution >= 0.6 is 0 Å². The van der Waals surface area contributed by atoms with Crippen LogP contribution in [-0.4, -0.2) is 48.1 Å². The van der Waals surface area contributed by atoms with Crippen LogP contribution in [0.15, 0.2) is 42.0 Å². The zero-order valence-corrected chi connectivity index (χ0v) is 19.6. The first-order chi connectivity index (χ1) is 13.8. The first-order valence-electron chi connectivity index (χ1n) is 10.8. The summed E-state index contributed by atoms with van der Waals surface area (Å²) in [5.74, 6) is -0.967. The van der Waals surface area contributed by atoms with Gasteiger partial charge in [-0.15, -0.1) is 0 Å². The van der Waals surface area contributed by atoms with Gasteiger partial charge >= 0.3 is 5.97 Å². The molecule has 1 aromatic rings. The Labute approximate surface area is 181 Å². The second-order valence-corrected chi connectivity index (χ2v) is 10.4. The van der Waals surface area contributed by atoms with E-state index in [9.17, 15) is 9.59 Å². The highest BCUT2D eigenvalue weighted by Gasteiger charge is 2.55. The average Bonchev–Trinajstić information content (AvgIpc) is 3.47. The molecular formula is C25H38N2O3. The summed E-state index contributed by atoms with van der Waals surface area (Å²) in [6, 6.07) is 10.3.